The van der Waals surface area contributed by atoms with E-state index >= 15 is 0 Å². The van der Waals surface area contributed by atoms with Crippen LogP contribution in [0.15, 0.2) is 0 Å². The molecule has 0 aromatic carbocycles. The molecule has 0 spiro atoms. The zero-order chi connectivity index (χ0) is 23.8. The van der Waals surface area contributed by atoms with Crippen LogP contribution in [-0.2, 0) is 24.0 Å². The van der Waals surface area contributed by atoms with Crippen LogP contribution >= 0.6 is 0 Å². The molecule has 0 amide bonds. The monoisotopic (exact) mass is 427 g/mol. The van der Waals surface area contributed by atoms with Crippen LogP contribution < -0.4 is 0 Å². The number of carbonyl (C=O) groups is 5. The minimum Gasteiger partial charge on any atom is -0.481 e. The molecule has 0 saturated heterocycles. The van der Waals surface area contributed by atoms with E-state index in [4.69, 9.17) is 35.7 Å². The van der Waals surface area contributed by atoms with Crippen molar-refractivity contribution in [2.75, 3.05) is 13.1 Å². The standard InChI is InChI=1S/C6H15NO.C6H8O7.C4H6O4/c1-4-7(5-2)6(3)8;7-3(8)1-6(13,5(11)12)2-4(9)10;5-3(6)1-2-4(7)8/h6,8H,4-5H2,1-3H3;13H,1-2H2,(H,7,8)(H,9,10)(H,11,12);1-2H2,(H,5,6)(H,7,8). The molecule has 1 atom stereocenters. The third kappa shape index (κ3) is 19.8. The van der Waals surface area contributed by atoms with Crippen molar-refractivity contribution in [3.63, 3.8) is 0 Å². The van der Waals surface area contributed by atoms with Gasteiger partial charge in [-0.25, -0.2) is 4.79 Å². The normalized spacial score (nSPS) is 11.2. The zero-order valence-corrected chi connectivity index (χ0v) is 16.4. The molecule has 13 nitrogen and oxygen atoms in total. The molecular weight excluding hydrogens is 398 g/mol. The molecule has 0 bridgehead atoms. The summed E-state index contributed by atoms with van der Waals surface area (Å²) < 4.78 is 0. The molecule has 29 heavy (non-hydrogen) atoms. The average Bonchev–Trinajstić information content (AvgIpc) is 2.53. The second kappa shape index (κ2) is 16.2. The molecule has 7 N–H and O–H groups in total. The highest BCUT2D eigenvalue weighted by Crippen LogP contribution is 2.15. The summed E-state index contributed by atoms with van der Waals surface area (Å²) in [7, 11) is 0. The molecule has 0 aliphatic carbocycles. The molecule has 0 fully saturated rings. The van der Waals surface area contributed by atoms with E-state index in [1.165, 1.54) is 0 Å². The third-order valence-corrected chi connectivity index (χ3v) is 3.18. The van der Waals surface area contributed by atoms with Crippen LogP contribution in [0.25, 0.3) is 0 Å². The van der Waals surface area contributed by atoms with Gasteiger partial charge >= 0.3 is 29.8 Å². The van der Waals surface area contributed by atoms with Crippen LogP contribution in [0.4, 0.5) is 0 Å². The van der Waals surface area contributed by atoms with Gasteiger partial charge < -0.3 is 35.7 Å². The van der Waals surface area contributed by atoms with Gasteiger partial charge in [0.15, 0.2) is 5.60 Å². The van der Waals surface area contributed by atoms with Crippen molar-refractivity contribution in [2.45, 2.75) is 58.3 Å². The maximum atomic E-state index is 10.3. The Hall–Kier alpha value is -2.77. The van der Waals surface area contributed by atoms with Crippen molar-refractivity contribution in [2.24, 2.45) is 0 Å². The van der Waals surface area contributed by atoms with Gasteiger partial charge in [0.2, 0.25) is 0 Å². The van der Waals surface area contributed by atoms with Crippen LogP contribution in [0, 0.1) is 0 Å². The Morgan fingerprint density at radius 2 is 1.07 bits per heavy atom. The minimum atomic E-state index is -2.74. The van der Waals surface area contributed by atoms with Gasteiger partial charge in [-0.3, -0.25) is 24.1 Å². The maximum absolute atomic E-state index is 10.3. The predicted octanol–water partition coefficient (Wildman–Crippen LogP) is -0.646. The van der Waals surface area contributed by atoms with Gasteiger partial charge in [0.05, 0.1) is 25.7 Å². The number of aliphatic hydroxyl groups is 2. The summed E-state index contributed by atoms with van der Waals surface area (Å²) in [6.07, 6.45) is -3.17. The fourth-order valence-electron chi connectivity index (χ4n) is 1.68. The van der Waals surface area contributed by atoms with Gasteiger partial charge in [0.1, 0.15) is 6.23 Å². The van der Waals surface area contributed by atoms with Gasteiger partial charge in [-0.15, -0.1) is 0 Å². The van der Waals surface area contributed by atoms with Crippen molar-refractivity contribution in [3.8, 4) is 0 Å². The Labute approximate surface area is 166 Å². The van der Waals surface area contributed by atoms with Gasteiger partial charge in [0.25, 0.3) is 0 Å². The van der Waals surface area contributed by atoms with E-state index in [9.17, 15) is 24.0 Å². The molecule has 0 saturated carbocycles. The first-order valence-corrected chi connectivity index (χ1v) is 8.37. The van der Waals surface area contributed by atoms with E-state index in [0.29, 0.717) is 0 Å². The van der Waals surface area contributed by atoms with Crippen molar-refractivity contribution in [1.82, 2.24) is 4.90 Å². The number of aliphatic hydroxyl groups excluding tert-OH is 1. The number of hydrogen-bond acceptors (Lipinski definition) is 8. The Kier molecular flexibility index (Phi) is 17.3. The molecule has 0 heterocycles. The lowest BCUT2D eigenvalue weighted by Gasteiger charge is -2.20. The third-order valence-electron chi connectivity index (χ3n) is 3.18. The fourth-order valence-corrected chi connectivity index (χ4v) is 1.68. The first-order valence-electron chi connectivity index (χ1n) is 8.37. The van der Waals surface area contributed by atoms with Crippen LogP contribution in [0.1, 0.15) is 46.5 Å². The average molecular weight is 427 g/mol. The quantitative estimate of drug-likeness (QED) is 0.203. The Bertz CT molecular complexity index is 512. The van der Waals surface area contributed by atoms with Gasteiger partial charge in [-0.05, 0) is 20.0 Å². The second-order valence-corrected chi connectivity index (χ2v) is 5.62. The van der Waals surface area contributed by atoms with Crippen LogP contribution in [-0.4, -0.2) is 95.4 Å². The summed E-state index contributed by atoms with van der Waals surface area (Å²) >= 11 is 0. The Morgan fingerprint density at radius 1 is 0.759 bits per heavy atom. The van der Waals surface area contributed by atoms with Crippen molar-refractivity contribution in [3.05, 3.63) is 0 Å². The summed E-state index contributed by atoms with van der Waals surface area (Å²) in [5.74, 6) is -7.17. The smallest absolute Gasteiger partial charge is 0.336 e. The van der Waals surface area contributed by atoms with E-state index in [1.807, 2.05) is 18.7 Å². The molecule has 13 heteroatoms. The van der Waals surface area contributed by atoms with E-state index < -0.39 is 48.3 Å². The van der Waals surface area contributed by atoms with Crippen molar-refractivity contribution in [1.29, 1.82) is 0 Å². The zero-order valence-electron chi connectivity index (χ0n) is 16.4. The highest BCUT2D eigenvalue weighted by Gasteiger charge is 2.40. The summed E-state index contributed by atoms with van der Waals surface area (Å²) in [6, 6.07) is 0. The lowest BCUT2D eigenvalue weighted by atomic mass is 9.96. The number of aliphatic carboxylic acids is 5. The summed E-state index contributed by atoms with van der Waals surface area (Å²) in [6.45, 7) is 7.71. The van der Waals surface area contributed by atoms with Gasteiger partial charge in [-0.1, -0.05) is 13.8 Å². The van der Waals surface area contributed by atoms with Crippen molar-refractivity contribution >= 4 is 29.8 Å². The molecule has 0 aliphatic heterocycles. The summed E-state index contributed by atoms with van der Waals surface area (Å²) in [5, 5.41) is 58.5. The maximum Gasteiger partial charge on any atom is 0.336 e. The molecule has 0 aromatic heterocycles. The minimum absolute atomic E-state index is 0.287. The second-order valence-electron chi connectivity index (χ2n) is 5.62. The molecule has 0 aromatic rings. The van der Waals surface area contributed by atoms with Gasteiger partial charge in [0, 0.05) is 0 Å². The molecule has 0 aliphatic rings. The largest absolute Gasteiger partial charge is 0.481 e. The van der Waals surface area contributed by atoms with Crippen LogP contribution in [0.5, 0.6) is 0 Å². The fraction of sp³-hybridized carbons (Fsp3) is 0.688. The Balaban J connectivity index is -0.000000368. The topological polar surface area (TPSA) is 230 Å². The number of nitrogens with zero attached hydrogens (tertiary/aromatic N) is 1. The predicted molar refractivity (Wildman–Crippen MR) is 96.2 cm³/mol. The van der Waals surface area contributed by atoms with Crippen molar-refractivity contribution < 1.29 is 59.7 Å². The summed E-state index contributed by atoms with van der Waals surface area (Å²) in [4.78, 5) is 51.7. The summed E-state index contributed by atoms with van der Waals surface area (Å²) in [5.41, 5.74) is -2.74. The van der Waals surface area contributed by atoms with E-state index in [1.54, 1.807) is 6.92 Å². The van der Waals surface area contributed by atoms with Gasteiger partial charge in [-0.2, -0.15) is 0 Å². The number of carboxylic acid groups (broad SMARTS) is 5. The molecule has 0 radical (unpaired) electrons. The highest BCUT2D eigenvalue weighted by molar-refractivity contribution is 5.88. The number of hydrogen-bond donors (Lipinski definition) is 7. The van der Waals surface area contributed by atoms with E-state index in [-0.39, 0.29) is 19.1 Å². The first-order chi connectivity index (χ1) is 13.1. The molecular formula is C16H29NO12. The SMILES string of the molecule is CCN(CC)C(C)O.O=C(O)CC(O)(CC(=O)O)C(=O)O.O=C(O)CCC(=O)O. The Morgan fingerprint density at radius 3 is 1.17 bits per heavy atom. The first kappa shape index (κ1) is 30.9. The van der Waals surface area contributed by atoms with E-state index in [0.717, 1.165) is 13.1 Å². The van der Waals surface area contributed by atoms with Crippen LogP contribution in [0.3, 0.4) is 0 Å². The molecule has 0 rings (SSSR count). The lowest BCUT2D eigenvalue weighted by molar-refractivity contribution is -0.170. The van der Waals surface area contributed by atoms with Crippen LogP contribution in [0.2, 0.25) is 0 Å². The number of rotatable bonds is 11. The van der Waals surface area contributed by atoms with E-state index in [2.05, 4.69) is 0 Å². The number of carboxylic acids is 5. The highest BCUT2D eigenvalue weighted by atomic mass is 16.4. The molecule has 170 valence electrons. The lowest BCUT2D eigenvalue weighted by Crippen LogP contribution is -2.42. The molecule has 1 unspecified atom stereocenters.